The van der Waals surface area contributed by atoms with Crippen LogP contribution in [0.1, 0.15) is 36.4 Å². The summed E-state index contributed by atoms with van der Waals surface area (Å²) >= 11 is 0. The maximum absolute atomic E-state index is 12.4. The first kappa shape index (κ1) is 13.6. The van der Waals surface area contributed by atoms with E-state index in [-0.39, 0.29) is 12.0 Å². The molecule has 2 nitrogen and oxygen atoms in total. The Morgan fingerprint density at radius 1 is 0.909 bits per heavy atom. The topological polar surface area (TPSA) is 20.3 Å². The molecule has 2 heteroatoms. The van der Waals surface area contributed by atoms with Gasteiger partial charge in [0.05, 0.1) is 6.04 Å². The molecule has 1 aliphatic heterocycles. The monoisotopic (exact) mass is 291 g/mol. The van der Waals surface area contributed by atoms with Crippen molar-refractivity contribution in [3.05, 3.63) is 65.7 Å². The van der Waals surface area contributed by atoms with Gasteiger partial charge < -0.3 is 4.90 Å². The SMILES string of the molecule is O=C1CCC[C@@H]1[C@H]1c2ccccc2CCN1c1ccccc1. The zero-order valence-corrected chi connectivity index (χ0v) is 12.7. The normalized spacial score (nSPS) is 24.4. The van der Waals surface area contributed by atoms with Crippen molar-refractivity contribution >= 4 is 11.5 Å². The third-order valence-corrected chi connectivity index (χ3v) is 5.15. The Bertz CT molecular complexity index is 679. The van der Waals surface area contributed by atoms with Gasteiger partial charge in [-0.3, -0.25) is 4.79 Å². The number of anilines is 1. The van der Waals surface area contributed by atoms with E-state index in [1.165, 1.54) is 16.8 Å². The summed E-state index contributed by atoms with van der Waals surface area (Å²) in [5, 5.41) is 0. The van der Waals surface area contributed by atoms with E-state index in [0.717, 1.165) is 32.2 Å². The van der Waals surface area contributed by atoms with Crippen molar-refractivity contribution in [2.24, 2.45) is 5.92 Å². The minimum Gasteiger partial charge on any atom is -0.363 e. The number of nitrogens with zero attached hydrogens (tertiary/aromatic N) is 1. The van der Waals surface area contributed by atoms with Gasteiger partial charge in [0.1, 0.15) is 5.78 Å². The smallest absolute Gasteiger partial charge is 0.138 e. The van der Waals surface area contributed by atoms with E-state index >= 15 is 0 Å². The molecule has 1 aliphatic carbocycles. The van der Waals surface area contributed by atoms with Gasteiger partial charge in [-0.15, -0.1) is 0 Å². The number of rotatable bonds is 2. The lowest BCUT2D eigenvalue weighted by Crippen LogP contribution is -2.40. The number of carbonyl (C=O) groups is 1. The molecule has 4 rings (SSSR count). The Balaban J connectivity index is 1.80. The van der Waals surface area contributed by atoms with Crippen molar-refractivity contribution in [2.75, 3.05) is 11.4 Å². The maximum atomic E-state index is 12.4. The highest BCUT2D eigenvalue weighted by atomic mass is 16.1. The second-order valence-corrected chi connectivity index (χ2v) is 6.39. The summed E-state index contributed by atoms with van der Waals surface area (Å²) in [6.45, 7) is 0.996. The lowest BCUT2D eigenvalue weighted by atomic mass is 9.83. The van der Waals surface area contributed by atoms with Crippen LogP contribution in [0.15, 0.2) is 54.6 Å². The number of ketones is 1. The van der Waals surface area contributed by atoms with Crippen LogP contribution >= 0.6 is 0 Å². The fraction of sp³-hybridized carbons (Fsp3) is 0.350. The van der Waals surface area contributed by atoms with Crippen molar-refractivity contribution < 1.29 is 4.79 Å². The van der Waals surface area contributed by atoms with E-state index in [2.05, 4.69) is 59.5 Å². The van der Waals surface area contributed by atoms with Crippen molar-refractivity contribution in [3.63, 3.8) is 0 Å². The van der Waals surface area contributed by atoms with Gasteiger partial charge in [0.2, 0.25) is 0 Å². The molecule has 1 fully saturated rings. The maximum Gasteiger partial charge on any atom is 0.138 e. The summed E-state index contributed by atoms with van der Waals surface area (Å²) in [5.74, 6) is 0.601. The number of fused-ring (bicyclic) bond motifs is 1. The first-order valence-electron chi connectivity index (χ1n) is 8.27. The van der Waals surface area contributed by atoms with Crippen molar-refractivity contribution in [3.8, 4) is 0 Å². The van der Waals surface area contributed by atoms with Crippen LogP contribution in [0.2, 0.25) is 0 Å². The van der Waals surface area contributed by atoms with Gasteiger partial charge in [-0.2, -0.15) is 0 Å². The van der Waals surface area contributed by atoms with E-state index < -0.39 is 0 Å². The third-order valence-electron chi connectivity index (χ3n) is 5.15. The predicted octanol–water partition coefficient (Wildman–Crippen LogP) is 4.16. The van der Waals surface area contributed by atoms with Crippen LogP contribution in [0.3, 0.4) is 0 Å². The van der Waals surface area contributed by atoms with Gasteiger partial charge in [-0.1, -0.05) is 42.5 Å². The predicted molar refractivity (Wildman–Crippen MR) is 89.0 cm³/mol. The zero-order valence-electron chi connectivity index (χ0n) is 12.7. The summed E-state index contributed by atoms with van der Waals surface area (Å²) in [4.78, 5) is 14.9. The second-order valence-electron chi connectivity index (χ2n) is 6.39. The minimum absolute atomic E-state index is 0.154. The Hall–Kier alpha value is -2.09. The molecule has 0 saturated heterocycles. The van der Waals surface area contributed by atoms with E-state index in [4.69, 9.17) is 0 Å². The zero-order chi connectivity index (χ0) is 14.9. The molecule has 0 aromatic heterocycles. The fourth-order valence-electron chi connectivity index (χ4n) is 4.12. The lowest BCUT2D eigenvalue weighted by molar-refractivity contribution is -0.121. The van der Waals surface area contributed by atoms with Crippen LogP contribution in [0.4, 0.5) is 5.69 Å². The van der Waals surface area contributed by atoms with Crippen molar-refractivity contribution in [1.82, 2.24) is 0 Å². The second kappa shape index (κ2) is 5.60. The van der Waals surface area contributed by atoms with Crippen molar-refractivity contribution in [1.29, 1.82) is 0 Å². The molecular weight excluding hydrogens is 270 g/mol. The number of carbonyl (C=O) groups excluding carboxylic acids is 1. The fourth-order valence-corrected chi connectivity index (χ4v) is 4.12. The van der Waals surface area contributed by atoms with E-state index in [0.29, 0.717) is 5.78 Å². The lowest BCUT2D eigenvalue weighted by Gasteiger charge is -2.41. The average molecular weight is 291 g/mol. The largest absolute Gasteiger partial charge is 0.363 e. The molecule has 2 aromatic rings. The minimum atomic E-state index is 0.154. The molecule has 1 saturated carbocycles. The molecule has 0 unspecified atom stereocenters. The molecule has 2 aliphatic rings. The van der Waals surface area contributed by atoms with Crippen LogP contribution < -0.4 is 4.90 Å². The van der Waals surface area contributed by atoms with E-state index in [1.54, 1.807) is 0 Å². The molecule has 0 bridgehead atoms. The molecule has 0 amide bonds. The third kappa shape index (κ3) is 2.23. The first-order valence-corrected chi connectivity index (χ1v) is 8.27. The number of hydrogen-bond acceptors (Lipinski definition) is 2. The summed E-state index contributed by atoms with van der Waals surface area (Å²) < 4.78 is 0. The van der Waals surface area contributed by atoms with E-state index in [1.807, 2.05) is 0 Å². The highest BCUT2D eigenvalue weighted by molar-refractivity contribution is 5.84. The average Bonchev–Trinajstić information content (AvgIpc) is 3.00. The summed E-state index contributed by atoms with van der Waals surface area (Å²) in [7, 11) is 0. The van der Waals surface area contributed by atoms with Gasteiger partial charge in [0.25, 0.3) is 0 Å². The van der Waals surface area contributed by atoms with Gasteiger partial charge >= 0.3 is 0 Å². The number of benzene rings is 2. The molecule has 0 N–H and O–H groups in total. The molecule has 112 valence electrons. The number of para-hydroxylation sites is 1. The summed E-state index contributed by atoms with van der Waals surface area (Å²) in [6.07, 6.45) is 3.89. The molecule has 2 aromatic carbocycles. The van der Waals surface area contributed by atoms with E-state index in [9.17, 15) is 4.79 Å². The standard InChI is InChI=1S/C20H21NO/c22-19-12-6-11-18(19)20-17-10-5-4-7-15(17)13-14-21(20)16-8-2-1-3-9-16/h1-5,7-10,18,20H,6,11-14H2/t18-,20+/m0/s1. The molecular formula is C20H21NO. The summed E-state index contributed by atoms with van der Waals surface area (Å²) in [6, 6.07) is 19.4. The molecule has 1 heterocycles. The molecule has 22 heavy (non-hydrogen) atoms. The van der Waals surface area contributed by atoms with Crippen LogP contribution in [0.25, 0.3) is 0 Å². The highest BCUT2D eigenvalue weighted by Gasteiger charge is 2.39. The van der Waals surface area contributed by atoms with Gasteiger partial charge in [0, 0.05) is 24.6 Å². The van der Waals surface area contributed by atoms with Crippen LogP contribution in [0, 0.1) is 5.92 Å². The number of hydrogen-bond donors (Lipinski definition) is 0. The van der Waals surface area contributed by atoms with Gasteiger partial charge in [0.15, 0.2) is 0 Å². The molecule has 0 radical (unpaired) electrons. The van der Waals surface area contributed by atoms with Crippen LogP contribution in [-0.2, 0) is 11.2 Å². The summed E-state index contributed by atoms with van der Waals surface area (Å²) in [5.41, 5.74) is 4.01. The Morgan fingerprint density at radius 3 is 2.45 bits per heavy atom. The van der Waals surface area contributed by atoms with Crippen molar-refractivity contribution in [2.45, 2.75) is 31.7 Å². The van der Waals surface area contributed by atoms with Crippen LogP contribution in [-0.4, -0.2) is 12.3 Å². The Morgan fingerprint density at radius 2 is 1.68 bits per heavy atom. The quantitative estimate of drug-likeness (QED) is 0.828. The highest BCUT2D eigenvalue weighted by Crippen LogP contribution is 2.43. The Labute approximate surface area is 131 Å². The van der Waals surface area contributed by atoms with Gasteiger partial charge in [-0.05, 0) is 42.5 Å². The van der Waals surface area contributed by atoms with Gasteiger partial charge in [-0.25, -0.2) is 0 Å². The Kier molecular flexibility index (Phi) is 3.45. The molecule has 0 spiro atoms. The number of Topliss-reactive ketones (excluding diaryl/α,β-unsaturated/α-hetero) is 1. The molecule has 2 atom stereocenters. The van der Waals surface area contributed by atoms with Crippen LogP contribution in [0.5, 0.6) is 0 Å². The first-order chi connectivity index (χ1) is 10.8.